The molecule has 0 N–H and O–H groups in total. The van der Waals surface area contributed by atoms with E-state index in [9.17, 15) is 4.79 Å². The first-order valence-electron chi connectivity index (χ1n) is 7.99. The molecule has 1 heterocycles. The molecule has 1 aromatic carbocycles. The van der Waals surface area contributed by atoms with E-state index in [1.165, 1.54) is 24.8 Å². The maximum Gasteiger partial charge on any atom is 0.162 e. The van der Waals surface area contributed by atoms with Crippen molar-refractivity contribution in [1.82, 2.24) is 4.90 Å². The topological polar surface area (TPSA) is 20.3 Å². The molecule has 1 aliphatic heterocycles. The number of benzene rings is 1. The Morgan fingerprint density at radius 2 is 1.73 bits per heavy atom. The van der Waals surface area contributed by atoms with Crippen molar-refractivity contribution in [2.75, 3.05) is 19.6 Å². The van der Waals surface area contributed by atoms with Gasteiger partial charge in [-0.2, -0.15) is 0 Å². The summed E-state index contributed by atoms with van der Waals surface area (Å²) >= 11 is 0. The largest absolute Gasteiger partial charge is 0.302 e. The Labute approximate surface area is 141 Å². The Morgan fingerprint density at radius 1 is 1.14 bits per heavy atom. The van der Waals surface area contributed by atoms with Gasteiger partial charge in [-0.3, -0.25) is 4.79 Å². The highest BCUT2D eigenvalue weighted by Gasteiger charge is 2.28. The second-order valence-electron chi connectivity index (χ2n) is 6.83. The number of halogens is 1. The molecule has 0 bridgehead atoms. The molecular weight excluding hydrogens is 294 g/mol. The van der Waals surface area contributed by atoms with Crippen molar-refractivity contribution in [2.45, 2.75) is 40.0 Å². The zero-order valence-corrected chi connectivity index (χ0v) is 14.8. The van der Waals surface area contributed by atoms with Gasteiger partial charge in [0.2, 0.25) is 0 Å². The van der Waals surface area contributed by atoms with E-state index >= 15 is 0 Å². The standard InChI is InChI=1S/C19H27NO.ClH/c1-16-7-9-17(10-8-16)11-12-18(21)19(2,3)15-20-13-5-4-6-14-20;/h7-12H,4-6,13-15H2,1-3H3;1H/b12-11+;. The van der Waals surface area contributed by atoms with E-state index in [4.69, 9.17) is 0 Å². The van der Waals surface area contributed by atoms with Crippen LogP contribution in [0.25, 0.3) is 6.08 Å². The van der Waals surface area contributed by atoms with Gasteiger partial charge in [-0.15, -0.1) is 12.4 Å². The van der Waals surface area contributed by atoms with E-state index < -0.39 is 0 Å². The third-order valence-corrected chi connectivity index (χ3v) is 4.24. The first kappa shape index (κ1) is 18.9. The molecule has 0 aromatic heterocycles. The fourth-order valence-corrected chi connectivity index (χ4v) is 2.83. The number of hydrogen-bond donors (Lipinski definition) is 0. The summed E-state index contributed by atoms with van der Waals surface area (Å²) < 4.78 is 0. The molecule has 0 atom stereocenters. The zero-order valence-electron chi connectivity index (χ0n) is 14.0. The highest BCUT2D eigenvalue weighted by molar-refractivity contribution is 5.97. The Hall–Kier alpha value is -1.12. The van der Waals surface area contributed by atoms with Crippen molar-refractivity contribution < 1.29 is 4.79 Å². The number of allylic oxidation sites excluding steroid dienone is 1. The number of aryl methyl sites for hydroxylation is 1. The summed E-state index contributed by atoms with van der Waals surface area (Å²) in [5, 5.41) is 0. The van der Waals surface area contributed by atoms with Gasteiger partial charge in [0.1, 0.15) is 0 Å². The minimum absolute atomic E-state index is 0. The van der Waals surface area contributed by atoms with Crippen LogP contribution >= 0.6 is 12.4 Å². The monoisotopic (exact) mass is 321 g/mol. The molecule has 2 nitrogen and oxygen atoms in total. The summed E-state index contributed by atoms with van der Waals surface area (Å²) in [5.41, 5.74) is 2.02. The molecule has 0 unspecified atom stereocenters. The molecule has 0 saturated carbocycles. The van der Waals surface area contributed by atoms with Crippen molar-refractivity contribution in [2.24, 2.45) is 5.41 Å². The Bertz CT molecular complexity index is 499. The predicted molar refractivity (Wildman–Crippen MR) is 96.5 cm³/mol. The van der Waals surface area contributed by atoms with E-state index in [0.717, 1.165) is 25.2 Å². The number of nitrogens with zero attached hydrogens (tertiary/aromatic N) is 1. The van der Waals surface area contributed by atoms with Crippen molar-refractivity contribution >= 4 is 24.3 Å². The summed E-state index contributed by atoms with van der Waals surface area (Å²) in [6.07, 6.45) is 7.54. The van der Waals surface area contributed by atoms with Gasteiger partial charge >= 0.3 is 0 Å². The number of rotatable bonds is 5. The van der Waals surface area contributed by atoms with E-state index in [1.54, 1.807) is 6.08 Å². The second kappa shape index (κ2) is 8.50. The minimum Gasteiger partial charge on any atom is -0.302 e. The van der Waals surface area contributed by atoms with Crippen LogP contribution in [0.4, 0.5) is 0 Å². The highest BCUT2D eigenvalue weighted by Crippen LogP contribution is 2.22. The SMILES string of the molecule is Cc1ccc(/C=C/C(=O)C(C)(C)CN2CCCCC2)cc1.Cl. The first-order chi connectivity index (χ1) is 9.97. The van der Waals surface area contributed by atoms with Crippen molar-refractivity contribution in [3.05, 3.63) is 41.5 Å². The molecule has 0 radical (unpaired) electrons. The Morgan fingerprint density at radius 3 is 2.32 bits per heavy atom. The number of hydrogen-bond acceptors (Lipinski definition) is 2. The van der Waals surface area contributed by atoms with E-state index in [2.05, 4.69) is 49.9 Å². The van der Waals surface area contributed by atoms with Gasteiger partial charge in [-0.25, -0.2) is 0 Å². The van der Waals surface area contributed by atoms with E-state index in [1.807, 2.05) is 6.08 Å². The molecule has 122 valence electrons. The molecule has 1 saturated heterocycles. The number of likely N-dealkylation sites (tertiary alicyclic amines) is 1. The number of piperidine rings is 1. The molecule has 2 rings (SSSR count). The average Bonchev–Trinajstić information content (AvgIpc) is 2.47. The number of carbonyl (C=O) groups is 1. The summed E-state index contributed by atoms with van der Waals surface area (Å²) in [7, 11) is 0. The van der Waals surface area contributed by atoms with Crippen LogP contribution in [0.15, 0.2) is 30.3 Å². The lowest BCUT2D eigenvalue weighted by Crippen LogP contribution is -2.41. The van der Waals surface area contributed by atoms with Gasteiger partial charge < -0.3 is 4.90 Å². The van der Waals surface area contributed by atoms with Crippen molar-refractivity contribution in [3.8, 4) is 0 Å². The predicted octanol–water partition coefficient (Wildman–Crippen LogP) is 4.51. The molecule has 22 heavy (non-hydrogen) atoms. The Balaban J connectivity index is 0.00000242. The van der Waals surface area contributed by atoms with Gasteiger partial charge in [-0.05, 0) is 44.5 Å². The summed E-state index contributed by atoms with van der Waals surface area (Å²) in [4.78, 5) is 14.9. The number of carbonyl (C=O) groups excluding carboxylic acids is 1. The smallest absolute Gasteiger partial charge is 0.162 e. The van der Waals surface area contributed by atoms with Crippen LogP contribution in [0, 0.1) is 12.3 Å². The van der Waals surface area contributed by atoms with Crippen LogP contribution in [0.3, 0.4) is 0 Å². The van der Waals surface area contributed by atoms with Crippen LogP contribution in [0.1, 0.15) is 44.2 Å². The normalized spacial score (nSPS) is 16.5. The first-order valence-corrected chi connectivity index (χ1v) is 7.99. The van der Waals surface area contributed by atoms with Crippen LogP contribution in [0.5, 0.6) is 0 Å². The number of ketones is 1. The lowest BCUT2D eigenvalue weighted by Gasteiger charge is -2.33. The van der Waals surface area contributed by atoms with Gasteiger partial charge in [-0.1, -0.05) is 56.2 Å². The summed E-state index contributed by atoms with van der Waals surface area (Å²) in [6, 6.07) is 8.25. The van der Waals surface area contributed by atoms with Crippen LogP contribution in [-0.2, 0) is 4.79 Å². The van der Waals surface area contributed by atoms with Gasteiger partial charge in [0.25, 0.3) is 0 Å². The van der Waals surface area contributed by atoms with Crippen molar-refractivity contribution in [1.29, 1.82) is 0 Å². The third kappa shape index (κ3) is 5.58. The highest BCUT2D eigenvalue weighted by atomic mass is 35.5. The molecule has 1 aliphatic rings. The quantitative estimate of drug-likeness (QED) is 0.744. The van der Waals surface area contributed by atoms with Crippen LogP contribution in [0.2, 0.25) is 0 Å². The minimum atomic E-state index is -0.307. The molecule has 0 aliphatic carbocycles. The molecular formula is C19H28ClNO. The molecule has 1 aromatic rings. The lowest BCUT2D eigenvalue weighted by atomic mass is 9.86. The zero-order chi connectivity index (χ0) is 15.3. The molecule has 3 heteroatoms. The fourth-order valence-electron chi connectivity index (χ4n) is 2.83. The fraction of sp³-hybridized carbons (Fsp3) is 0.526. The Kier molecular flexibility index (Phi) is 7.31. The van der Waals surface area contributed by atoms with E-state index in [-0.39, 0.29) is 23.6 Å². The summed E-state index contributed by atoms with van der Waals surface area (Å²) in [6.45, 7) is 9.33. The molecule has 1 fully saturated rings. The van der Waals surface area contributed by atoms with Crippen molar-refractivity contribution in [3.63, 3.8) is 0 Å². The van der Waals surface area contributed by atoms with E-state index in [0.29, 0.717) is 0 Å². The van der Waals surface area contributed by atoms with Crippen LogP contribution in [-0.4, -0.2) is 30.3 Å². The van der Waals surface area contributed by atoms with Gasteiger partial charge in [0, 0.05) is 12.0 Å². The average molecular weight is 322 g/mol. The second-order valence-corrected chi connectivity index (χ2v) is 6.83. The van der Waals surface area contributed by atoms with Gasteiger partial charge in [0.05, 0.1) is 0 Å². The maximum absolute atomic E-state index is 12.5. The lowest BCUT2D eigenvalue weighted by molar-refractivity contribution is -0.123. The maximum atomic E-state index is 12.5. The van der Waals surface area contributed by atoms with Gasteiger partial charge in [0.15, 0.2) is 5.78 Å². The summed E-state index contributed by atoms with van der Waals surface area (Å²) in [5.74, 6) is 0.216. The third-order valence-electron chi connectivity index (χ3n) is 4.24. The van der Waals surface area contributed by atoms with Crippen LogP contribution < -0.4 is 0 Å². The molecule has 0 amide bonds. The molecule has 0 spiro atoms.